The SMILES string of the molecule is CC(C)C[C@H](NC(=O)[C@@H]1CCCN1C(=O)[C@@H](N)CCCCN)C(=O)NCC(=O)N[C@H](C(=O)N[C@@H](CCCNC(=N)N)C(=O)N[C@@H](CCCCN)C(=O)O)C(C)C. The zero-order valence-electron chi connectivity index (χ0n) is 33.5. The van der Waals surface area contributed by atoms with E-state index < -0.39 is 84.2 Å². The summed E-state index contributed by atoms with van der Waals surface area (Å²) in [6.45, 7) is 7.97. The second-order valence-electron chi connectivity index (χ2n) is 15.0. The van der Waals surface area contributed by atoms with Gasteiger partial charge in [0.15, 0.2) is 5.96 Å². The van der Waals surface area contributed by atoms with Gasteiger partial charge in [0.2, 0.25) is 35.4 Å². The Morgan fingerprint density at radius 1 is 0.768 bits per heavy atom. The van der Waals surface area contributed by atoms with Crippen LogP contribution in [0.5, 0.6) is 0 Å². The number of guanidine groups is 1. The van der Waals surface area contributed by atoms with Gasteiger partial charge in [0.25, 0.3) is 0 Å². The van der Waals surface area contributed by atoms with Gasteiger partial charge in [0.05, 0.1) is 12.6 Å². The predicted molar refractivity (Wildman–Crippen MR) is 210 cm³/mol. The average molecular weight is 797 g/mol. The molecule has 1 heterocycles. The van der Waals surface area contributed by atoms with Gasteiger partial charge in [-0.25, -0.2) is 4.79 Å². The monoisotopic (exact) mass is 797 g/mol. The van der Waals surface area contributed by atoms with Crippen LogP contribution < -0.4 is 54.8 Å². The average Bonchev–Trinajstić information content (AvgIpc) is 3.63. The van der Waals surface area contributed by atoms with Crippen LogP contribution in [0.2, 0.25) is 0 Å². The normalized spacial score (nSPS) is 16.6. The molecular formula is C36H68N12O8. The smallest absolute Gasteiger partial charge is 0.326 e. The van der Waals surface area contributed by atoms with Crippen molar-refractivity contribution in [2.24, 2.45) is 34.8 Å². The van der Waals surface area contributed by atoms with Crippen molar-refractivity contribution in [1.82, 2.24) is 36.8 Å². The molecule has 0 aromatic rings. The molecule has 20 heteroatoms. The molecule has 0 unspecified atom stereocenters. The number of hydrogen-bond acceptors (Lipinski definition) is 11. The van der Waals surface area contributed by atoms with Crippen LogP contribution in [0.15, 0.2) is 0 Å². The number of unbranched alkanes of at least 4 members (excludes halogenated alkanes) is 2. The minimum absolute atomic E-state index is 0.0220. The predicted octanol–water partition coefficient (Wildman–Crippen LogP) is -2.33. The van der Waals surface area contributed by atoms with Gasteiger partial charge in [-0.1, -0.05) is 34.1 Å². The fraction of sp³-hybridized carbons (Fsp3) is 0.778. The van der Waals surface area contributed by atoms with Crippen LogP contribution in [0, 0.1) is 17.2 Å². The molecule has 1 rings (SSSR count). The van der Waals surface area contributed by atoms with E-state index in [2.05, 4.69) is 31.9 Å². The summed E-state index contributed by atoms with van der Waals surface area (Å²) >= 11 is 0. The molecule has 0 aromatic heterocycles. The van der Waals surface area contributed by atoms with Crippen LogP contribution in [0.3, 0.4) is 0 Å². The number of hydrogen-bond donors (Lipinski definition) is 12. The third-order valence-electron chi connectivity index (χ3n) is 9.33. The Labute approximate surface area is 330 Å². The third kappa shape index (κ3) is 18.4. The molecule has 0 saturated carbocycles. The fourth-order valence-corrected chi connectivity index (χ4v) is 6.25. The second-order valence-corrected chi connectivity index (χ2v) is 15.0. The molecule has 320 valence electrons. The van der Waals surface area contributed by atoms with Crippen molar-refractivity contribution in [2.75, 3.05) is 32.7 Å². The van der Waals surface area contributed by atoms with Crippen LogP contribution in [0.4, 0.5) is 0 Å². The van der Waals surface area contributed by atoms with E-state index in [9.17, 15) is 38.7 Å². The topological polar surface area (TPSA) is 343 Å². The Balaban J connectivity index is 2.98. The van der Waals surface area contributed by atoms with Crippen molar-refractivity contribution in [1.29, 1.82) is 5.41 Å². The van der Waals surface area contributed by atoms with Gasteiger partial charge in [-0.2, -0.15) is 0 Å². The minimum Gasteiger partial charge on any atom is -0.480 e. The van der Waals surface area contributed by atoms with Gasteiger partial charge < -0.3 is 64.8 Å². The number of carboxylic acid groups (broad SMARTS) is 1. The van der Waals surface area contributed by atoms with Crippen LogP contribution in [-0.4, -0.2) is 126 Å². The molecule has 1 fully saturated rings. The van der Waals surface area contributed by atoms with Crippen molar-refractivity contribution in [2.45, 2.75) is 135 Å². The Morgan fingerprint density at radius 3 is 1.95 bits per heavy atom. The standard InChI is InChI=1S/C36H68N12O8/c1-21(2)19-26(46-32(52)27-14-10-18-48(27)34(54)23(39)11-5-7-15-37)30(50)43-20-28(49)47-29(22(3)4)33(53)44-24(13-9-17-42-36(40)41)31(51)45-25(35(55)56)12-6-8-16-38/h21-27,29H,5-20,37-39H2,1-4H3,(H,43,50)(H,44,53)(H,45,51)(H,46,52)(H,47,49)(H,55,56)(H4,40,41,42)/t23-,24-,25-,26-,27-,29-/m0/s1. The van der Waals surface area contributed by atoms with Crippen LogP contribution >= 0.6 is 0 Å². The molecule has 1 aliphatic heterocycles. The molecule has 16 N–H and O–H groups in total. The summed E-state index contributed by atoms with van der Waals surface area (Å²) in [4.78, 5) is 93.1. The van der Waals surface area contributed by atoms with Crippen molar-refractivity contribution in [3.8, 4) is 0 Å². The van der Waals surface area contributed by atoms with E-state index in [0.29, 0.717) is 58.2 Å². The highest BCUT2D eigenvalue weighted by atomic mass is 16.4. The molecule has 1 saturated heterocycles. The fourth-order valence-electron chi connectivity index (χ4n) is 6.25. The van der Waals surface area contributed by atoms with E-state index in [1.165, 1.54) is 4.90 Å². The Kier molecular flexibility index (Phi) is 23.2. The molecule has 6 atom stereocenters. The maximum Gasteiger partial charge on any atom is 0.326 e. The lowest BCUT2D eigenvalue weighted by molar-refractivity contribution is -0.142. The lowest BCUT2D eigenvalue weighted by Crippen LogP contribution is -2.58. The van der Waals surface area contributed by atoms with Gasteiger partial charge in [-0.3, -0.25) is 34.2 Å². The summed E-state index contributed by atoms with van der Waals surface area (Å²) in [6, 6.07) is -6.13. The number of likely N-dealkylation sites (tertiary alicyclic amines) is 1. The molecule has 0 aliphatic carbocycles. The number of nitrogens with two attached hydrogens (primary N) is 4. The first-order valence-corrected chi connectivity index (χ1v) is 19.7. The summed E-state index contributed by atoms with van der Waals surface area (Å²) < 4.78 is 0. The number of amides is 6. The largest absolute Gasteiger partial charge is 0.480 e. The molecule has 1 aliphatic rings. The number of carboxylic acids is 1. The van der Waals surface area contributed by atoms with Crippen LogP contribution in [-0.2, 0) is 33.6 Å². The lowest BCUT2D eigenvalue weighted by Gasteiger charge is -2.29. The summed E-state index contributed by atoms with van der Waals surface area (Å²) in [5, 5.41) is 32.6. The van der Waals surface area contributed by atoms with Crippen LogP contribution in [0.25, 0.3) is 0 Å². The first-order chi connectivity index (χ1) is 26.4. The van der Waals surface area contributed by atoms with Gasteiger partial charge in [-0.05, 0) is 89.1 Å². The Bertz CT molecular complexity index is 1320. The van der Waals surface area contributed by atoms with Crippen molar-refractivity contribution in [3.05, 3.63) is 0 Å². The number of nitrogens with one attached hydrogen (secondary N) is 7. The highest BCUT2D eigenvalue weighted by Crippen LogP contribution is 2.20. The molecule has 6 amide bonds. The molecular weight excluding hydrogens is 728 g/mol. The summed E-state index contributed by atoms with van der Waals surface area (Å²) in [5.74, 6) is -5.63. The van der Waals surface area contributed by atoms with E-state index in [0.717, 1.165) is 6.42 Å². The molecule has 20 nitrogen and oxygen atoms in total. The summed E-state index contributed by atoms with van der Waals surface area (Å²) in [6.07, 6.45) is 4.61. The highest BCUT2D eigenvalue weighted by molar-refractivity contribution is 5.96. The molecule has 56 heavy (non-hydrogen) atoms. The first kappa shape index (κ1) is 49.5. The second kappa shape index (κ2) is 26.3. The van der Waals surface area contributed by atoms with Crippen molar-refractivity contribution < 1.29 is 38.7 Å². The maximum absolute atomic E-state index is 13.5. The van der Waals surface area contributed by atoms with Gasteiger partial charge in [-0.15, -0.1) is 0 Å². The number of carbonyl (C=O) groups is 7. The van der Waals surface area contributed by atoms with E-state index in [1.54, 1.807) is 13.8 Å². The van der Waals surface area contributed by atoms with Gasteiger partial charge >= 0.3 is 5.97 Å². The van der Waals surface area contributed by atoms with Crippen LogP contribution in [0.1, 0.15) is 98.3 Å². The van der Waals surface area contributed by atoms with Crippen molar-refractivity contribution in [3.63, 3.8) is 0 Å². The highest BCUT2D eigenvalue weighted by Gasteiger charge is 2.38. The zero-order chi connectivity index (χ0) is 42.4. The molecule has 0 radical (unpaired) electrons. The number of aliphatic carboxylic acids is 1. The Hall–Kier alpha value is -4.56. The number of rotatable bonds is 27. The third-order valence-corrected chi connectivity index (χ3v) is 9.33. The maximum atomic E-state index is 13.5. The van der Waals surface area contributed by atoms with E-state index in [-0.39, 0.29) is 50.0 Å². The zero-order valence-corrected chi connectivity index (χ0v) is 33.5. The van der Waals surface area contributed by atoms with Gasteiger partial charge in [0, 0.05) is 13.1 Å². The number of carbonyl (C=O) groups excluding carboxylic acids is 6. The van der Waals surface area contributed by atoms with Gasteiger partial charge in [0.1, 0.15) is 30.2 Å². The lowest BCUT2D eigenvalue weighted by atomic mass is 10.0. The van der Waals surface area contributed by atoms with E-state index in [1.807, 2.05) is 13.8 Å². The summed E-state index contributed by atoms with van der Waals surface area (Å²) in [7, 11) is 0. The van der Waals surface area contributed by atoms with E-state index >= 15 is 0 Å². The molecule has 0 aromatic carbocycles. The first-order valence-electron chi connectivity index (χ1n) is 19.7. The quantitative estimate of drug-likeness (QED) is 0.0236. The van der Waals surface area contributed by atoms with Crippen molar-refractivity contribution >= 4 is 47.4 Å². The van der Waals surface area contributed by atoms with E-state index in [4.69, 9.17) is 28.3 Å². The molecule has 0 bridgehead atoms. The Morgan fingerprint density at radius 2 is 1.38 bits per heavy atom. The number of nitrogens with zero attached hydrogens (tertiary/aromatic N) is 1. The molecule has 0 spiro atoms. The summed E-state index contributed by atoms with van der Waals surface area (Å²) in [5.41, 5.74) is 22.5. The minimum atomic E-state index is -1.24.